The van der Waals surface area contributed by atoms with Crippen LogP contribution in [0, 0.1) is 0 Å². The zero-order valence-corrected chi connectivity index (χ0v) is 9.20. The number of hydrogen-bond donors (Lipinski definition) is 0. The van der Waals surface area contributed by atoms with Gasteiger partial charge in [0.05, 0.1) is 0 Å². The highest BCUT2D eigenvalue weighted by atomic mass is 16.6. The fraction of sp³-hybridized carbons (Fsp3) is 0.308. The Labute approximate surface area is 89.6 Å². The van der Waals surface area contributed by atoms with E-state index in [-0.39, 0.29) is 5.97 Å². The molecule has 0 aromatic heterocycles. The number of carbonyl (C=O) groups excluding carboxylic acids is 1. The molecule has 1 aromatic rings. The average molecular weight is 202 g/mol. The Morgan fingerprint density at radius 1 is 1.13 bits per heavy atom. The van der Waals surface area contributed by atoms with Crippen molar-refractivity contribution >= 4 is 11.5 Å². The molecule has 0 saturated carbocycles. The molecule has 0 radical (unpaired) electrons. The van der Waals surface area contributed by atoms with Crippen molar-refractivity contribution in [2.75, 3.05) is 0 Å². The molecule has 0 bridgehead atoms. The molecule has 0 N–H and O–H groups in total. The minimum absolute atomic E-state index is 0.209. The summed E-state index contributed by atoms with van der Waals surface area (Å²) in [6, 6.07) is 9.90. The molecule has 1 heterocycles. The van der Waals surface area contributed by atoms with Crippen molar-refractivity contribution in [3.8, 4) is 0 Å². The second-order valence-electron chi connectivity index (χ2n) is 4.27. The van der Waals surface area contributed by atoms with Crippen LogP contribution in [0.1, 0.15) is 26.3 Å². The molecule has 78 valence electrons. The van der Waals surface area contributed by atoms with Crippen molar-refractivity contribution in [2.24, 2.45) is 0 Å². The van der Waals surface area contributed by atoms with Gasteiger partial charge in [0.2, 0.25) is 0 Å². The Morgan fingerprint density at radius 3 is 2.20 bits per heavy atom. The lowest BCUT2D eigenvalue weighted by atomic mass is 9.90. The van der Waals surface area contributed by atoms with Crippen LogP contribution >= 0.6 is 0 Å². The molecule has 0 aliphatic carbocycles. The second-order valence-corrected chi connectivity index (χ2v) is 4.27. The number of cyclic esters (lactones) is 1. The van der Waals surface area contributed by atoms with Crippen LogP contribution in [-0.4, -0.2) is 11.6 Å². The number of carbonyl (C=O) groups is 1. The molecule has 1 aliphatic rings. The van der Waals surface area contributed by atoms with Crippen molar-refractivity contribution in [2.45, 2.75) is 26.4 Å². The molecule has 2 rings (SSSR count). The summed E-state index contributed by atoms with van der Waals surface area (Å²) in [5.74, 6) is -0.209. The van der Waals surface area contributed by atoms with E-state index in [0.29, 0.717) is 5.57 Å². The van der Waals surface area contributed by atoms with Crippen molar-refractivity contribution in [3.63, 3.8) is 0 Å². The monoisotopic (exact) mass is 202 g/mol. The summed E-state index contributed by atoms with van der Waals surface area (Å²) in [4.78, 5) is 11.5. The van der Waals surface area contributed by atoms with Crippen LogP contribution in [0.2, 0.25) is 0 Å². The van der Waals surface area contributed by atoms with Gasteiger partial charge in [-0.25, -0.2) is 4.79 Å². The normalized spacial score (nSPS) is 19.3. The lowest BCUT2D eigenvalue weighted by Gasteiger charge is -2.21. The van der Waals surface area contributed by atoms with Crippen molar-refractivity contribution in [3.05, 3.63) is 41.5 Å². The van der Waals surface area contributed by atoms with Gasteiger partial charge in [-0.2, -0.15) is 0 Å². The predicted octanol–water partition coefficient (Wildman–Crippen LogP) is 2.80. The number of hydrogen-bond acceptors (Lipinski definition) is 2. The third-order valence-electron chi connectivity index (χ3n) is 2.69. The van der Waals surface area contributed by atoms with Gasteiger partial charge in [0.1, 0.15) is 5.60 Å². The molecule has 0 spiro atoms. The summed E-state index contributed by atoms with van der Waals surface area (Å²) in [5, 5.41) is 0. The molecule has 0 unspecified atom stereocenters. The van der Waals surface area contributed by atoms with Crippen LogP contribution in [0.5, 0.6) is 0 Å². The third kappa shape index (κ3) is 1.56. The topological polar surface area (TPSA) is 26.3 Å². The first-order valence-corrected chi connectivity index (χ1v) is 5.02. The fourth-order valence-electron chi connectivity index (χ4n) is 2.08. The third-order valence-corrected chi connectivity index (χ3v) is 2.69. The molecule has 0 saturated heterocycles. The molecule has 2 heteroatoms. The summed E-state index contributed by atoms with van der Waals surface area (Å²) in [6.07, 6.45) is 0. The highest BCUT2D eigenvalue weighted by Crippen LogP contribution is 2.38. The smallest absolute Gasteiger partial charge is 0.335 e. The lowest BCUT2D eigenvalue weighted by Crippen LogP contribution is -2.22. The first-order valence-electron chi connectivity index (χ1n) is 5.02. The van der Waals surface area contributed by atoms with Crippen LogP contribution in [0.3, 0.4) is 0 Å². The van der Waals surface area contributed by atoms with Gasteiger partial charge in [-0.05, 0) is 26.3 Å². The molecule has 0 amide bonds. The number of benzene rings is 1. The van der Waals surface area contributed by atoms with E-state index >= 15 is 0 Å². The molecule has 15 heavy (non-hydrogen) atoms. The van der Waals surface area contributed by atoms with E-state index in [1.54, 1.807) is 0 Å². The summed E-state index contributed by atoms with van der Waals surface area (Å²) < 4.78 is 5.31. The average Bonchev–Trinajstić information content (AvgIpc) is 2.37. The summed E-state index contributed by atoms with van der Waals surface area (Å²) in [6.45, 7) is 5.66. The first kappa shape index (κ1) is 9.97. The largest absolute Gasteiger partial charge is 0.451 e. The van der Waals surface area contributed by atoms with E-state index in [2.05, 4.69) is 0 Å². The van der Waals surface area contributed by atoms with Crippen molar-refractivity contribution < 1.29 is 9.53 Å². The zero-order valence-electron chi connectivity index (χ0n) is 9.20. The van der Waals surface area contributed by atoms with Gasteiger partial charge < -0.3 is 4.74 Å². The van der Waals surface area contributed by atoms with E-state index in [1.165, 1.54) is 0 Å². The second kappa shape index (κ2) is 3.23. The molecule has 0 atom stereocenters. The van der Waals surface area contributed by atoms with Crippen LogP contribution in [0.25, 0.3) is 5.57 Å². The first-order chi connectivity index (χ1) is 7.02. The summed E-state index contributed by atoms with van der Waals surface area (Å²) in [7, 11) is 0. The van der Waals surface area contributed by atoms with E-state index in [0.717, 1.165) is 11.1 Å². The van der Waals surface area contributed by atoms with Gasteiger partial charge in [0.15, 0.2) is 0 Å². The SMILES string of the molecule is CC1=C(c2ccccc2)C(C)(C)OC1=O. The Morgan fingerprint density at radius 2 is 1.73 bits per heavy atom. The van der Waals surface area contributed by atoms with Gasteiger partial charge in [-0.15, -0.1) is 0 Å². The van der Waals surface area contributed by atoms with E-state index in [9.17, 15) is 4.79 Å². The van der Waals surface area contributed by atoms with Gasteiger partial charge in [-0.3, -0.25) is 0 Å². The quantitative estimate of drug-likeness (QED) is 0.654. The summed E-state index contributed by atoms with van der Waals surface area (Å²) >= 11 is 0. The number of ether oxygens (including phenoxy) is 1. The zero-order chi connectivity index (χ0) is 11.1. The van der Waals surface area contributed by atoms with Gasteiger partial charge in [0.25, 0.3) is 0 Å². The molecular weight excluding hydrogens is 188 g/mol. The molecule has 1 aliphatic heterocycles. The lowest BCUT2D eigenvalue weighted by molar-refractivity contribution is -0.143. The summed E-state index contributed by atoms with van der Waals surface area (Å²) in [5.41, 5.74) is 2.26. The minimum Gasteiger partial charge on any atom is -0.451 e. The van der Waals surface area contributed by atoms with E-state index in [4.69, 9.17) is 4.74 Å². The Kier molecular flexibility index (Phi) is 2.14. The molecule has 2 nitrogen and oxygen atoms in total. The minimum atomic E-state index is -0.511. The van der Waals surface area contributed by atoms with E-state index in [1.807, 2.05) is 51.1 Å². The van der Waals surface area contributed by atoms with Gasteiger partial charge in [0, 0.05) is 11.1 Å². The molecule has 0 fully saturated rings. The maximum Gasteiger partial charge on any atom is 0.335 e. The fourth-order valence-corrected chi connectivity index (χ4v) is 2.08. The highest BCUT2D eigenvalue weighted by molar-refractivity contribution is 6.03. The van der Waals surface area contributed by atoms with Crippen LogP contribution in [0.15, 0.2) is 35.9 Å². The number of rotatable bonds is 1. The van der Waals surface area contributed by atoms with E-state index < -0.39 is 5.60 Å². The molecular formula is C13H14O2. The predicted molar refractivity (Wildman–Crippen MR) is 59.2 cm³/mol. The maximum absolute atomic E-state index is 11.5. The molecule has 1 aromatic carbocycles. The Balaban J connectivity index is 2.57. The van der Waals surface area contributed by atoms with Crippen molar-refractivity contribution in [1.82, 2.24) is 0 Å². The number of esters is 1. The van der Waals surface area contributed by atoms with Gasteiger partial charge >= 0.3 is 5.97 Å². The van der Waals surface area contributed by atoms with Crippen LogP contribution in [0.4, 0.5) is 0 Å². The maximum atomic E-state index is 11.5. The standard InChI is InChI=1S/C13H14O2/c1-9-11(10-7-5-4-6-8-10)13(2,3)15-12(9)14/h4-8H,1-3H3. The highest BCUT2D eigenvalue weighted by Gasteiger charge is 2.38. The van der Waals surface area contributed by atoms with Gasteiger partial charge in [-0.1, -0.05) is 30.3 Å². The van der Waals surface area contributed by atoms with Crippen molar-refractivity contribution in [1.29, 1.82) is 0 Å². The van der Waals surface area contributed by atoms with Crippen LogP contribution in [-0.2, 0) is 9.53 Å². The Hall–Kier alpha value is -1.57. The Bertz CT molecular complexity index is 427. The van der Waals surface area contributed by atoms with Crippen LogP contribution < -0.4 is 0 Å².